The molecule has 3 rings (SSSR count). The molecule has 118 valence electrons. The highest BCUT2D eigenvalue weighted by molar-refractivity contribution is 5.92. The topological polar surface area (TPSA) is 73.1 Å². The molecule has 5 nitrogen and oxygen atoms in total. The first-order valence-corrected chi connectivity index (χ1v) is 7.26. The molecule has 0 unspecified atom stereocenters. The zero-order chi connectivity index (χ0) is 16.4. The number of aromatic nitrogens is 2. The highest BCUT2D eigenvalue weighted by Crippen LogP contribution is 2.31. The minimum Gasteiger partial charge on any atom is -0.496 e. The number of benzene rings is 2. The lowest BCUT2D eigenvalue weighted by molar-refractivity contribution is 0.411. The Morgan fingerprint density at radius 1 is 1.22 bits per heavy atom. The van der Waals surface area contributed by atoms with Crippen LogP contribution in [0.3, 0.4) is 0 Å². The Labute approximate surface area is 133 Å². The summed E-state index contributed by atoms with van der Waals surface area (Å²) in [5.41, 5.74) is 8.08. The molecule has 0 atom stereocenters. The maximum Gasteiger partial charge on any atom is 0.148 e. The molecule has 1 heterocycles. The second-order valence-corrected chi connectivity index (χ2v) is 5.12. The fourth-order valence-electron chi connectivity index (χ4n) is 2.45. The number of fused-ring (bicyclic) bond motifs is 1. The van der Waals surface area contributed by atoms with Gasteiger partial charge >= 0.3 is 0 Å². The van der Waals surface area contributed by atoms with E-state index in [1.165, 1.54) is 12.4 Å². The van der Waals surface area contributed by atoms with Crippen LogP contribution in [0.4, 0.5) is 21.6 Å². The van der Waals surface area contributed by atoms with Gasteiger partial charge in [-0.25, -0.2) is 14.4 Å². The first-order valence-electron chi connectivity index (χ1n) is 7.26. The summed E-state index contributed by atoms with van der Waals surface area (Å²) in [6, 6.07) is 8.30. The molecule has 3 N–H and O–H groups in total. The highest BCUT2D eigenvalue weighted by Gasteiger charge is 2.11. The lowest BCUT2D eigenvalue weighted by atomic mass is 10.1. The average molecular weight is 312 g/mol. The van der Waals surface area contributed by atoms with Crippen LogP contribution in [-0.2, 0) is 6.42 Å². The third-order valence-electron chi connectivity index (χ3n) is 3.66. The monoisotopic (exact) mass is 312 g/mol. The zero-order valence-corrected chi connectivity index (χ0v) is 12.9. The minimum absolute atomic E-state index is 0.303. The highest BCUT2D eigenvalue weighted by atomic mass is 19.1. The summed E-state index contributed by atoms with van der Waals surface area (Å²) < 4.78 is 19.4. The summed E-state index contributed by atoms with van der Waals surface area (Å²) in [4.78, 5) is 8.50. The molecule has 0 aliphatic rings. The molecular weight excluding hydrogens is 295 g/mol. The number of hydrogen-bond donors (Lipinski definition) is 2. The Hall–Kier alpha value is -2.89. The Morgan fingerprint density at radius 3 is 2.74 bits per heavy atom. The Balaban J connectivity index is 2.10. The van der Waals surface area contributed by atoms with Crippen LogP contribution in [0.2, 0.25) is 0 Å². The van der Waals surface area contributed by atoms with E-state index in [1.54, 1.807) is 19.2 Å². The van der Waals surface area contributed by atoms with Crippen molar-refractivity contribution in [1.82, 2.24) is 9.97 Å². The fraction of sp³-hybridized carbons (Fsp3) is 0.176. The summed E-state index contributed by atoms with van der Waals surface area (Å²) >= 11 is 0. The number of ether oxygens (including phenoxy) is 1. The van der Waals surface area contributed by atoms with Crippen molar-refractivity contribution in [3.63, 3.8) is 0 Å². The summed E-state index contributed by atoms with van der Waals surface area (Å²) in [7, 11) is 1.62. The second-order valence-electron chi connectivity index (χ2n) is 5.12. The van der Waals surface area contributed by atoms with Gasteiger partial charge in [0.1, 0.15) is 23.7 Å². The number of hydrogen-bond acceptors (Lipinski definition) is 5. The van der Waals surface area contributed by atoms with E-state index in [2.05, 4.69) is 15.3 Å². The molecule has 23 heavy (non-hydrogen) atoms. The molecule has 0 fully saturated rings. The number of nitrogens with zero attached hydrogens (tertiary/aromatic N) is 2. The molecule has 0 saturated carbocycles. The first kappa shape index (κ1) is 15.0. The van der Waals surface area contributed by atoms with Crippen molar-refractivity contribution in [2.75, 3.05) is 18.2 Å². The van der Waals surface area contributed by atoms with E-state index in [-0.39, 0.29) is 0 Å². The molecule has 0 aliphatic carbocycles. The predicted molar refractivity (Wildman–Crippen MR) is 89.6 cm³/mol. The number of anilines is 3. The van der Waals surface area contributed by atoms with Gasteiger partial charge < -0.3 is 15.8 Å². The second kappa shape index (κ2) is 6.08. The standard InChI is InChI=1S/C17H17FN4O/c1-3-10-6-15-12(8-16(10)23-2)17(21-9-20-15)22-14-5-4-11(19)7-13(14)18/h4-9H,3,19H2,1-2H3,(H,20,21,22). The number of aryl methyl sites for hydroxylation is 1. The van der Waals surface area contributed by atoms with Gasteiger partial charge in [0, 0.05) is 11.1 Å². The number of rotatable bonds is 4. The average Bonchev–Trinajstić information content (AvgIpc) is 2.56. The van der Waals surface area contributed by atoms with Gasteiger partial charge in [0.2, 0.25) is 0 Å². The van der Waals surface area contributed by atoms with Gasteiger partial charge in [-0.15, -0.1) is 0 Å². The van der Waals surface area contributed by atoms with Crippen LogP contribution in [0.15, 0.2) is 36.7 Å². The van der Waals surface area contributed by atoms with E-state index in [4.69, 9.17) is 10.5 Å². The minimum atomic E-state index is -0.436. The Morgan fingerprint density at radius 2 is 2.04 bits per heavy atom. The maximum absolute atomic E-state index is 14.0. The van der Waals surface area contributed by atoms with E-state index in [9.17, 15) is 4.39 Å². The predicted octanol–water partition coefficient (Wildman–Crippen LogP) is 3.67. The van der Waals surface area contributed by atoms with Gasteiger partial charge in [0.25, 0.3) is 0 Å². The summed E-state index contributed by atoms with van der Waals surface area (Å²) in [5.74, 6) is 0.837. The summed E-state index contributed by atoms with van der Waals surface area (Å²) in [6.07, 6.45) is 2.28. The molecule has 0 radical (unpaired) electrons. The number of methoxy groups -OCH3 is 1. The van der Waals surface area contributed by atoms with Gasteiger partial charge in [-0.05, 0) is 42.3 Å². The maximum atomic E-state index is 14.0. The van der Waals surface area contributed by atoms with Crippen LogP contribution in [0.25, 0.3) is 10.9 Å². The van der Waals surface area contributed by atoms with E-state index in [0.29, 0.717) is 17.2 Å². The van der Waals surface area contributed by atoms with Crippen molar-refractivity contribution in [3.05, 3.63) is 48.0 Å². The van der Waals surface area contributed by atoms with E-state index < -0.39 is 5.82 Å². The van der Waals surface area contributed by atoms with Gasteiger partial charge in [0.05, 0.1) is 18.3 Å². The van der Waals surface area contributed by atoms with Crippen molar-refractivity contribution in [2.45, 2.75) is 13.3 Å². The first-order chi connectivity index (χ1) is 11.1. The number of halogens is 1. The Bertz CT molecular complexity index is 867. The number of nitrogen functional groups attached to an aromatic ring is 1. The van der Waals surface area contributed by atoms with Crippen LogP contribution in [-0.4, -0.2) is 17.1 Å². The molecule has 6 heteroatoms. The van der Waals surface area contributed by atoms with Crippen LogP contribution < -0.4 is 15.8 Å². The molecule has 3 aromatic rings. The summed E-state index contributed by atoms with van der Waals surface area (Å²) in [6.45, 7) is 2.05. The SMILES string of the molecule is CCc1cc2ncnc(Nc3ccc(N)cc3F)c2cc1OC. The molecule has 0 saturated heterocycles. The molecule has 0 aliphatic heterocycles. The molecule has 0 bridgehead atoms. The largest absolute Gasteiger partial charge is 0.496 e. The lowest BCUT2D eigenvalue weighted by Crippen LogP contribution is -2.00. The zero-order valence-electron chi connectivity index (χ0n) is 12.9. The normalized spacial score (nSPS) is 10.7. The Kier molecular flexibility index (Phi) is 3.97. The quantitative estimate of drug-likeness (QED) is 0.719. The van der Waals surface area contributed by atoms with Crippen molar-refractivity contribution in [2.24, 2.45) is 0 Å². The third kappa shape index (κ3) is 2.88. The van der Waals surface area contributed by atoms with Crippen molar-refractivity contribution >= 4 is 28.1 Å². The third-order valence-corrected chi connectivity index (χ3v) is 3.66. The summed E-state index contributed by atoms with van der Waals surface area (Å²) in [5, 5.41) is 3.76. The van der Waals surface area contributed by atoms with Crippen molar-refractivity contribution < 1.29 is 9.13 Å². The van der Waals surface area contributed by atoms with Gasteiger partial charge in [-0.3, -0.25) is 0 Å². The van der Waals surface area contributed by atoms with Crippen LogP contribution in [0.5, 0.6) is 5.75 Å². The van der Waals surface area contributed by atoms with Crippen molar-refractivity contribution in [3.8, 4) is 5.75 Å². The number of nitrogens with two attached hydrogens (primary N) is 1. The fourth-order valence-corrected chi connectivity index (χ4v) is 2.45. The van der Waals surface area contributed by atoms with Crippen LogP contribution in [0, 0.1) is 5.82 Å². The van der Waals surface area contributed by atoms with Crippen LogP contribution >= 0.6 is 0 Å². The smallest absolute Gasteiger partial charge is 0.148 e. The van der Waals surface area contributed by atoms with Gasteiger partial charge in [0.15, 0.2) is 0 Å². The molecule has 1 aromatic heterocycles. The van der Waals surface area contributed by atoms with Crippen LogP contribution in [0.1, 0.15) is 12.5 Å². The van der Waals surface area contributed by atoms with Gasteiger partial charge in [-0.2, -0.15) is 0 Å². The number of nitrogens with one attached hydrogen (secondary N) is 1. The lowest BCUT2D eigenvalue weighted by Gasteiger charge is -2.12. The van der Waals surface area contributed by atoms with E-state index >= 15 is 0 Å². The van der Waals surface area contributed by atoms with Gasteiger partial charge in [-0.1, -0.05) is 6.92 Å². The van der Waals surface area contributed by atoms with E-state index in [0.717, 1.165) is 28.6 Å². The molecular formula is C17H17FN4O. The van der Waals surface area contributed by atoms with E-state index in [1.807, 2.05) is 19.1 Å². The molecule has 2 aromatic carbocycles. The molecule has 0 amide bonds. The molecule has 0 spiro atoms. The van der Waals surface area contributed by atoms with Crippen molar-refractivity contribution in [1.29, 1.82) is 0 Å².